The van der Waals surface area contributed by atoms with E-state index in [-0.39, 0.29) is 6.10 Å². The summed E-state index contributed by atoms with van der Waals surface area (Å²) in [7, 11) is 0. The van der Waals surface area contributed by atoms with Gasteiger partial charge in [0.15, 0.2) is 0 Å². The quantitative estimate of drug-likeness (QED) is 0.465. The monoisotopic (exact) mass is 400 g/mol. The molecule has 0 amide bonds. The average molecular weight is 401 g/mol. The van der Waals surface area contributed by atoms with Crippen molar-refractivity contribution in [2.75, 3.05) is 0 Å². The molecule has 0 bridgehead atoms. The van der Waals surface area contributed by atoms with Gasteiger partial charge in [-0.3, -0.25) is 0 Å². The smallest absolute Gasteiger partial charge is 0.0543 e. The number of hydrogen-bond donors (Lipinski definition) is 1. The van der Waals surface area contributed by atoms with Crippen LogP contribution < -0.4 is 0 Å². The molecule has 1 N–H and O–H groups in total. The minimum atomic E-state index is -0.0396. The van der Waals surface area contributed by atoms with Gasteiger partial charge in [0.05, 0.1) is 6.10 Å². The summed E-state index contributed by atoms with van der Waals surface area (Å²) in [5, 5.41) is 10.3. The Labute approximate surface area is 181 Å². The van der Waals surface area contributed by atoms with Crippen LogP contribution in [-0.2, 0) is 0 Å². The molecule has 0 radical (unpaired) electrons. The second-order valence-corrected chi connectivity index (χ2v) is 12.7. The lowest BCUT2D eigenvalue weighted by atomic mass is 9.46. The van der Waals surface area contributed by atoms with Crippen molar-refractivity contribution in [1.82, 2.24) is 0 Å². The zero-order chi connectivity index (χ0) is 21.0. The third kappa shape index (κ3) is 3.37. The van der Waals surface area contributed by atoms with Crippen LogP contribution in [0, 0.1) is 39.9 Å². The summed E-state index contributed by atoms with van der Waals surface area (Å²) in [5.74, 6) is 3.36. The molecule has 0 unspecified atom stereocenters. The highest BCUT2D eigenvalue weighted by Crippen LogP contribution is 2.71. The Morgan fingerprint density at radius 1 is 0.897 bits per heavy atom. The molecule has 0 aliphatic heterocycles. The number of fused-ring (bicyclic) bond motifs is 4. The van der Waals surface area contributed by atoms with Crippen LogP contribution in [0.1, 0.15) is 119 Å². The Kier molecular flexibility index (Phi) is 5.81. The summed E-state index contributed by atoms with van der Waals surface area (Å²) in [4.78, 5) is 0. The third-order valence-corrected chi connectivity index (χ3v) is 11.0. The molecule has 29 heavy (non-hydrogen) atoms. The van der Waals surface area contributed by atoms with Gasteiger partial charge in [-0.15, -0.1) is 0 Å². The van der Waals surface area contributed by atoms with E-state index in [9.17, 15) is 5.11 Å². The van der Waals surface area contributed by atoms with Crippen molar-refractivity contribution in [2.45, 2.75) is 125 Å². The van der Waals surface area contributed by atoms with Gasteiger partial charge in [0.25, 0.3) is 0 Å². The largest absolute Gasteiger partial charge is 0.393 e. The van der Waals surface area contributed by atoms with E-state index >= 15 is 0 Å². The number of allylic oxidation sites excluding steroid dienone is 2. The van der Waals surface area contributed by atoms with Gasteiger partial charge in [0.2, 0.25) is 0 Å². The first-order valence-electron chi connectivity index (χ1n) is 13.0. The van der Waals surface area contributed by atoms with Crippen molar-refractivity contribution < 1.29 is 5.11 Å². The van der Waals surface area contributed by atoms with Crippen molar-refractivity contribution in [3.8, 4) is 0 Å². The lowest BCUT2D eigenvalue weighted by molar-refractivity contribution is -0.00504. The van der Waals surface area contributed by atoms with E-state index in [1.807, 2.05) is 11.1 Å². The maximum Gasteiger partial charge on any atom is 0.0543 e. The molecule has 0 aromatic carbocycles. The van der Waals surface area contributed by atoms with Crippen LogP contribution in [0.4, 0.5) is 0 Å². The number of rotatable bonds is 5. The predicted molar refractivity (Wildman–Crippen MR) is 124 cm³/mol. The fraction of sp³-hybridized carbons (Fsp3) is 0.929. The molecule has 4 rings (SSSR count). The molecule has 0 aromatic rings. The summed E-state index contributed by atoms with van der Waals surface area (Å²) in [6.07, 6.45) is 15.8. The molecule has 2 fully saturated rings. The minimum absolute atomic E-state index is 0.0396. The fourth-order valence-electron chi connectivity index (χ4n) is 8.83. The van der Waals surface area contributed by atoms with Crippen molar-refractivity contribution in [2.24, 2.45) is 39.9 Å². The summed E-state index contributed by atoms with van der Waals surface area (Å²) < 4.78 is 0. The standard InChI is InChI=1S/C28H48O/c1-19(2)8-7-9-20(3)23-13-16-28(6)25-11-10-21-18-22(29)12-15-26(21,4)24(25)14-17-27(23,28)5/h19-23,29H,7-18H2,1-6H3/t20-,21-,22+,23-,26+,27-,28+/m1/s1. The molecule has 0 saturated heterocycles. The van der Waals surface area contributed by atoms with Gasteiger partial charge in [0, 0.05) is 0 Å². The van der Waals surface area contributed by atoms with Gasteiger partial charge >= 0.3 is 0 Å². The Morgan fingerprint density at radius 3 is 2.38 bits per heavy atom. The first-order valence-corrected chi connectivity index (χ1v) is 13.0. The summed E-state index contributed by atoms with van der Waals surface area (Å²) in [5.41, 5.74) is 5.09. The molecule has 0 aromatic heterocycles. The van der Waals surface area contributed by atoms with Crippen LogP contribution in [-0.4, -0.2) is 11.2 Å². The predicted octanol–water partition coefficient (Wildman–Crippen LogP) is 7.92. The van der Waals surface area contributed by atoms with E-state index in [0.29, 0.717) is 16.2 Å². The Morgan fingerprint density at radius 2 is 1.66 bits per heavy atom. The lowest BCUT2D eigenvalue weighted by Gasteiger charge is -2.59. The first kappa shape index (κ1) is 21.9. The highest BCUT2D eigenvalue weighted by molar-refractivity contribution is 5.38. The van der Waals surface area contributed by atoms with Crippen LogP contribution >= 0.6 is 0 Å². The summed E-state index contributed by atoms with van der Waals surface area (Å²) in [6, 6.07) is 0. The van der Waals surface area contributed by atoms with E-state index in [1.165, 1.54) is 64.2 Å². The van der Waals surface area contributed by atoms with Crippen LogP contribution in [0.5, 0.6) is 0 Å². The van der Waals surface area contributed by atoms with Gasteiger partial charge < -0.3 is 5.11 Å². The van der Waals surface area contributed by atoms with Crippen molar-refractivity contribution in [3.05, 3.63) is 11.1 Å². The van der Waals surface area contributed by atoms with E-state index in [4.69, 9.17) is 0 Å². The zero-order valence-electron chi connectivity index (χ0n) is 20.3. The first-order chi connectivity index (χ1) is 13.6. The van der Waals surface area contributed by atoms with E-state index < -0.39 is 0 Å². The molecule has 166 valence electrons. The Balaban J connectivity index is 1.59. The molecule has 1 heteroatoms. The lowest BCUT2D eigenvalue weighted by Crippen LogP contribution is -2.49. The molecule has 1 nitrogen and oxygen atoms in total. The minimum Gasteiger partial charge on any atom is -0.393 e. The van der Waals surface area contributed by atoms with Gasteiger partial charge in [-0.1, -0.05) is 72.0 Å². The molecule has 2 saturated carbocycles. The second kappa shape index (κ2) is 7.68. The van der Waals surface area contributed by atoms with E-state index in [1.54, 1.807) is 0 Å². The molecule has 4 aliphatic rings. The van der Waals surface area contributed by atoms with Crippen LogP contribution in [0.2, 0.25) is 0 Å². The molecule has 0 spiro atoms. The number of aliphatic hydroxyl groups excluding tert-OH is 1. The highest BCUT2D eigenvalue weighted by Gasteiger charge is 2.61. The van der Waals surface area contributed by atoms with Crippen molar-refractivity contribution >= 4 is 0 Å². The van der Waals surface area contributed by atoms with Gasteiger partial charge in [-0.25, -0.2) is 0 Å². The zero-order valence-corrected chi connectivity index (χ0v) is 20.3. The highest BCUT2D eigenvalue weighted by atomic mass is 16.3. The molecular weight excluding hydrogens is 352 g/mol. The molecule has 4 aliphatic carbocycles. The van der Waals surface area contributed by atoms with Gasteiger partial charge in [0.1, 0.15) is 0 Å². The van der Waals surface area contributed by atoms with Gasteiger partial charge in [-0.2, -0.15) is 0 Å². The number of aliphatic hydroxyl groups is 1. The topological polar surface area (TPSA) is 20.2 Å². The van der Waals surface area contributed by atoms with E-state index in [2.05, 4.69) is 41.5 Å². The maximum absolute atomic E-state index is 10.3. The molecular formula is C28H48O. The molecule has 7 atom stereocenters. The summed E-state index contributed by atoms with van der Waals surface area (Å²) in [6.45, 7) is 15.2. The fourth-order valence-corrected chi connectivity index (χ4v) is 8.83. The van der Waals surface area contributed by atoms with Crippen LogP contribution in [0.15, 0.2) is 11.1 Å². The number of hydrogen-bond acceptors (Lipinski definition) is 1. The Hall–Kier alpha value is -0.300. The van der Waals surface area contributed by atoms with Crippen LogP contribution in [0.25, 0.3) is 0 Å². The SMILES string of the molecule is CC(C)CCC[C@@H](C)[C@H]1CC[C@@]2(C)C3=C(CC[C@]12C)[C@@]1(C)CC[C@H](O)C[C@H]1CC3. The van der Waals surface area contributed by atoms with Gasteiger partial charge in [-0.05, 0) is 97.7 Å². The third-order valence-electron chi connectivity index (χ3n) is 11.0. The van der Waals surface area contributed by atoms with Crippen molar-refractivity contribution in [3.63, 3.8) is 0 Å². The second-order valence-electron chi connectivity index (χ2n) is 12.7. The van der Waals surface area contributed by atoms with Crippen LogP contribution in [0.3, 0.4) is 0 Å². The van der Waals surface area contributed by atoms with Crippen molar-refractivity contribution in [1.29, 1.82) is 0 Å². The normalized spacial score (nSPS) is 45.7. The molecule has 0 heterocycles. The summed E-state index contributed by atoms with van der Waals surface area (Å²) >= 11 is 0. The van der Waals surface area contributed by atoms with E-state index in [0.717, 1.165) is 36.5 Å². The average Bonchev–Trinajstić information content (AvgIpc) is 2.93. The maximum atomic E-state index is 10.3. The Bertz CT molecular complexity index is 647.